The minimum Gasteiger partial charge on any atom is -0.495 e. The number of carbonyl (C=O) groups is 1. The molecule has 1 aromatic rings. The quantitative estimate of drug-likeness (QED) is 0.818. The van der Waals surface area contributed by atoms with Gasteiger partial charge in [0.1, 0.15) is 11.8 Å². The van der Waals surface area contributed by atoms with Gasteiger partial charge in [0.05, 0.1) is 19.1 Å². The molecular weight excluding hydrogens is 328 g/mol. The van der Waals surface area contributed by atoms with Crippen LogP contribution in [0.3, 0.4) is 0 Å². The number of rotatable bonds is 7. The zero-order chi connectivity index (χ0) is 16.9. The first-order chi connectivity index (χ1) is 10.2. The molecule has 0 saturated carbocycles. The van der Waals surface area contributed by atoms with Gasteiger partial charge < -0.3 is 10.1 Å². The minimum atomic E-state index is -3.70. The molecule has 0 heterocycles. The van der Waals surface area contributed by atoms with Crippen molar-refractivity contribution < 1.29 is 17.9 Å². The molecule has 0 radical (unpaired) electrons. The van der Waals surface area contributed by atoms with Crippen LogP contribution in [-0.4, -0.2) is 40.3 Å². The summed E-state index contributed by atoms with van der Waals surface area (Å²) >= 11 is 5.96. The van der Waals surface area contributed by atoms with E-state index in [-0.39, 0.29) is 11.6 Å². The highest BCUT2D eigenvalue weighted by molar-refractivity contribution is 7.92. The van der Waals surface area contributed by atoms with Crippen molar-refractivity contribution >= 4 is 33.2 Å². The predicted molar refractivity (Wildman–Crippen MR) is 88.1 cm³/mol. The fourth-order valence-corrected chi connectivity index (χ4v) is 3.35. The van der Waals surface area contributed by atoms with Gasteiger partial charge in [-0.15, -0.1) is 0 Å². The van der Waals surface area contributed by atoms with Crippen LogP contribution < -0.4 is 14.4 Å². The van der Waals surface area contributed by atoms with E-state index in [0.29, 0.717) is 17.3 Å². The van der Waals surface area contributed by atoms with E-state index < -0.39 is 16.1 Å². The summed E-state index contributed by atoms with van der Waals surface area (Å²) < 4.78 is 30.6. The Kier molecular flexibility index (Phi) is 6.49. The first-order valence-electron chi connectivity index (χ1n) is 6.83. The van der Waals surface area contributed by atoms with Gasteiger partial charge in [0.15, 0.2) is 0 Å². The smallest absolute Gasteiger partial charge is 0.243 e. The third kappa shape index (κ3) is 4.51. The molecule has 0 aromatic heterocycles. The third-order valence-corrected chi connectivity index (χ3v) is 4.48. The average Bonchev–Trinajstić information content (AvgIpc) is 2.43. The highest BCUT2D eigenvalue weighted by atomic mass is 35.5. The van der Waals surface area contributed by atoms with Crippen LogP contribution in [0.2, 0.25) is 5.02 Å². The number of sulfonamides is 1. The molecule has 0 saturated heterocycles. The number of hydrogen-bond donors (Lipinski definition) is 1. The number of benzene rings is 1. The van der Waals surface area contributed by atoms with Crippen molar-refractivity contribution in [3.63, 3.8) is 0 Å². The number of carbonyl (C=O) groups excluding carboxylic acids is 1. The molecule has 1 rings (SSSR count). The minimum absolute atomic E-state index is 0.233. The molecule has 1 amide bonds. The highest BCUT2D eigenvalue weighted by Crippen LogP contribution is 2.34. The van der Waals surface area contributed by atoms with Gasteiger partial charge in [0, 0.05) is 11.6 Å². The van der Waals surface area contributed by atoms with Crippen molar-refractivity contribution in [2.24, 2.45) is 0 Å². The van der Waals surface area contributed by atoms with Gasteiger partial charge in [-0.2, -0.15) is 0 Å². The molecular formula is C14H21ClN2O4S. The first kappa shape index (κ1) is 18.6. The largest absolute Gasteiger partial charge is 0.495 e. The lowest BCUT2D eigenvalue weighted by Crippen LogP contribution is -2.48. The summed E-state index contributed by atoms with van der Waals surface area (Å²) in [6, 6.07) is 3.69. The van der Waals surface area contributed by atoms with E-state index in [2.05, 4.69) is 5.32 Å². The van der Waals surface area contributed by atoms with Crippen molar-refractivity contribution in [3.05, 3.63) is 23.2 Å². The summed E-state index contributed by atoms with van der Waals surface area (Å²) in [5, 5.41) is 3.04. The second kappa shape index (κ2) is 7.69. The molecule has 124 valence electrons. The lowest BCUT2D eigenvalue weighted by atomic mass is 10.2. The summed E-state index contributed by atoms with van der Waals surface area (Å²) in [6.07, 6.45) is 1.80. The van der Waals surface area contributed by atoms with E-state index in [4.69, 9.17) is 16.3 Å². The van der Waals surface area contributed by atoms with E-state index in [9.17, 15) is 13.2 Å². The van der Waals surface area contributed by atoms with E-state index in [0.717, 1.165) is 17.0 Å². The van der Waals surface area contributed by atoms with Gasteiger partial charge in [0.25, 0.3) is 0 Å². The Morgan fingerprint density at radius 2 is 2.09 bits per heavy atom. The second-order valence-corrected chi connectivity index (χ2v) is 7.14. The Bertz CT molecular complexity index is 634. The number of nitrogens with zero attached hydrogens (tertiary/aromatic N) is 1. The highest BCUT2D eigenvalue weighted by Gasteiger charge is 2.31. The van der Waals surface area contributed by atoms with Crippen molar-refractivity contribution in [2.75, 3.05) is 24.2 Å². The number of halogens is 1. The third-order valence-electron chi connectivity index (χ3n) is 3.02. The topological polar surface area (TPSA) is 75.7 Å². The summed E-state index contributed by atoms with van der Waals surface area (Å²) in [5.74, 6) is -0.0562. The maximum atomic E-state index is 12.2. The second-order valence-electron chi connectivity index (χ2n) is 4.84. The Morgan fingerprint density at radius 1 is 1.45 bits per heavy atom. The van der Waals surface area contributed by atoms with E-state index in [1.54, 1.807) is 12.1 Å². The van der Waals surface area contributed by atoms with E-state index >= 15 is 0 Å². The first-order valence-corrected chi connectivity index (χ1v) is 9.05. The summed E-state index contributed by atoms with van der Waals surface area (Å²) in [4.78, 5) is 12.2. The Morgan fingerprint density at radius 3 is 2.59 bits per heavy atom. The van der Waals surface area contributed by atoms with Crippen molar-refractivity contribution in [1.29, 1.82) is 0 Å². The number of methoxy groups -OCH3 is 1. The van der Waals surface area contributed by atoms with Crippen LogP contribution in [0.4, 0.5) is 5.69 Å². The van der Waals surface area contributed by atoms with Crippen LogP contribution >= 0.6 is 11.6 Å². The van der Waals surface area contributed by atoms with Crippen molar-refractivity contribution in [3.8, 4) is 5.75 Å². The number of hydrogen-bond acceptors (Lipinski definition) is 4. The van der Waals surface area contributed by atoms with Gasteiger partial charge in [-0.05, 0) is 31.5 Å². The molecule has 0 fully saturated rings. The summed E-state index contributed by atoms with van der Waals surface area (Å²) in [6.45, 7) is 3.92. The maximum Gasteiger partial charge on any atom is 0.243 e. The van der Waals surface area contributed by atoms with Crippen LogP contribution in [0.15, 0.2) is 18.2 Å². The Labute approximate surface area is 136 Å². The van der Waals surface area contributed by atoms with E-state index in [1.807, 2.05) is 6.92 Å². The van der Waals surface area contributed by atoms with Crippen molar-refractivity contribution in [1.82, 2.24) is 5.32 Å². The normalized spacial score (nSPS) is 12.6. The SMILES string of the molecule is CCCNC(=O)[C@H](C)N(c1cc(Cl)ccc1OC)S(C)(=O)=O. The molecule has 0 unspecified atom stereocenters. The van der Waals surface area contributed by atoms with Crippen LogP contribution in [0.25, 0.3) is 0 Å². The maximum absolute atomic E-state index is 12.2. The van der Waals surface area contributed by atoms with Gasteiger partial charge in [-0.1, -0.05) is 18.5 Å². The fraction of sp³-hybridized carbons (Fsp3) is 0.500. The van der Waals surface area contributed by atoms with E-state index in [1.165, 1.54) is 20.1 Å². The molecule has 0 spiro atoms. The molecule has 1 N–H and O–H groups in total. The Balaban J connectivity index is 3.31. The zero-order valence-corrected chi connectivity index (χ0v) is 14.7. The lowest BCUT2D eigenvalue weighted by molar-refractivity contribution is -0.121. The van der Waals surface area contributed by atoms with Crippen LogP contribution in [-0.2, 0) is 14.8 Å². The van der Waals surface area contributed by atoms with Gasteiger partial charge in [0.2, 0.25) is 15.9 Å². The molecule has 1 aromatic carbocycles. The average molecular weight is 349 g/mol. The van der Waals surface area contributed by atoms with Crippen LogP contribution in [0.5, 0.6) is 5.75 Å². The number of ether oxygens (including phenoxy) is 1. The molecule has 0 bridgehead atoms. The van der Waals surface area contributed by atoms with Gasteiger partial charge in [-0.25, -0.2) is 8.42 Å². The molecule has 8 heteroatoms. The molecule has 0 aliphatic rings. The van der Waals surface area contributed by atoms with Gasteiger partial charge >= 0.3 is 0 Å². The fourth-order valence-electron chi connectivity index (χ4n) is 2.01. The number of amides is 1. The summed E-state index contributed by atoms with van der Waals surface area (Å²) in [5.41, 5.74) is 0.233. The van der Waals surface area contributed by atoms with Crippen LogP contribution in [0, 0.1) is 0 Å². The summed E-state index contributed by atoms with van der Waals surface area (Å²) in [7, 11) is -2.28. The molecule has 0 aliphatic carbocycles. The van der Waals surface area contributed by atoms with Crippen molar-refractivity contribution in [2.45, 2.75) is 26.3 Å². The molecule has 22 heavy (non-hydrogen) atoms. The Hall–Kier alpha value is -1.47. The monoisotopic (exact) mass is 348 g/mol. The number of nitrogens with one attached hydrogen (secondary N) is 1. The predicted octanol–water partition coefficient (Wildman–Crippen LogP) is 2.03. The number of anilines is 1. The zero-order valence-electron chi connectivity index (χ0n) is 13.1. The van der Waals surface area contributed by atoms with Gasteiger partial charge in [-0.3, -0.25) is 9.10 Å². The molecule has 6 nitrogen and oxygen atoms in total. The lowest BCUT2D eigenvalue weighted by Gasteiger charge is -2.29. The molecule has 0 aliphatic heterocycles. The molecule has 1 atom stereocenters. The standard InChI is InChI=1S/C14H21ClN2O4S/c1-5-8-16-14(18)10(2)17(22(4,19)20)12-9-11(15)6-7-13(12)21-3/h6-7,9-10H,5,8H2,1-4H3,(H,16,18)/t10-/m0/s1. The van der Waals surface area contributed by atoms with Crippen LogP contribution in [0.1, 0.15) is 20.3 Å².